The summed E-state index contributed by atoms with van der Waals surface area (Å²) in [5.41, 5.74) is 1.88. The van der Waals surface area contributed by atoms with E-state index in [-0.39, 0.29) is 16.5 Å². The quantitative estimate of drug-likeness (QED) is 0.332. The van der Waals surface area contributed by atoms with Gasteiger partial charge in [0.2, 0.25) is 0 Å². The molecule has 0 aliphatic carbocycles. The second kappa shape index (κ2) is 9.44. The Morgan fingerprint density at radius 3 is 2.65 bits per heavy atom. The maximum Gasteiger partial charge on any atom is 0.255 e. The largest absolute Gasteiger partial charge is 0.453 e. The van der Waals surface area contributed by atoms with Gasteiger partial charge in [0.05, 0.1) is 22.9 Å². The number of carbonyl (C=O) groups excluding carboxylic acids is 1. The number of fused-ring (bicyclic) bond motifs is 1. The van der Waals surface area contributed by atoms with Crippen molar-refractivity contribution >= 4 is 51.6 Å². The third-order valence-electron chi connectivity index (χ3n) is 5.54. The van der Waals surface area contributed by atoms with Crippen molar-refractivity contribution < 1.29 is 13.9 Å². The van der Waals surface area contributed by atoms with Gasteiger partial charge in [0, 0.05) is 29.7 Å². The summed E-state index contributed by atoms with van der Waals surface area (Å²) < 4.78 is 20.4. The molecule has 0 spiro atoms. The Labute approximate surface area is 205 Å². The first-order chi connectivity index (χ1) is 16.5. The van der Waals surface area contributed by atoms with Crippen LogP contribution in [0.1, 0.15) is 23.2 Å². The Morgan fingerprint density at radius 1 is 1.03 bits per heavy atom. The van der Waals surface area contributed by atoms with Crippen molar-refractivity contribution in [2.75, 3.05) is 23.3 Å². The summed E-state index contributed by atoms with van der Waals surface area (Å²) in [7, 11) is 0. The Bertz CT molecular complexity index is 1390. The molecule has 4 aromatic rings. The lowest BCUT2D eigenvalue weighted by Gasteiger charge is -2.16. The van der Waals surface area contributed by atoms with Gasteiger partial charge in [0.25, 0.3) is 5.91 Å². The fourth-order valence-corrected chi connectivity index (χ4v) is 4.24. The SMILES string of the molecule is O=C(Nc1ccc(F)c(Oc2ccc3ncc(N4CCCC4)nc3c2)c1Cl)c1cccc(Cl)c1. The number of anilines is 2. The van der Waals surface area contributed by atoms with Gasteiger partial charge in [-0.3, -0.25) is 9.78 Å². The Hall–Kier alpha value is -3.42. The lowest BCUT2D eigenvalue weighted by Crippen LogP contribution is -2.19. The molecule has 1 amide bonds. The van der Waals surface area contributed by atoms with Crippen LogP contribution in [0, 0.1) is 5.82 Å². The van der Waals surface area contributed by atoms with Crippen LogP contribution in [0.5, 0.6) is 11.5 Å². The number of halogens is 3. The molecule has 1 fully saturated rings. The van der Waals surface area contributed by atoms with Crippen molar-refractivity contribution in [2.24, 2.45) is 0 Å². The molecule has 6 nitrogen and oxygen atoms in total. The van der Waals surface area contributed by atoms with Gasteiger partial charge in [-0.2, -0.15) is 0 Å². The van der Waals surface area contributed by atoms with Crippen molar-refractivity contribution in [3.8, 4) is 11.5 Å². The van der Waals surface area contributed by atoms with Gasteiger partial charge >= 0.3 is 0 Å². The average molecular weight is 497 g/mol. The molecule has 1 N–H and O–H groups in total. The average Bonchev–Trinajstić information content (AvgIpc) is 3.38. The molecule has 34 heavy (non-hydrogen) atoms. The smallest absolute Gasteiger partial charge is 0.255 e. The van der Waals surface area contributed by atoms with E-state index in [9.17, 15) is 9.18 Å². The fraction of sp³-hybridized carbons (Fsp3) is 0.160. The lowest BCUT2D eigenvalue weighted by atomic mass is 10.2. The number of rotatable bonds is 5. The number of aromatic nitrogens is 2. The molecule has 0 saturated carbocycles. The van der Waals surface area contributed by atoms with E-state index in [1.807, 2.05) is 0 Å². The minimum absolute atomic E-state index is 0.0626. The number of benzene rings is 3. The molecule has 0 bridgehead atoms. The zero-order valence-electron chi connectivity index (χ0n) is 17.9. The molecule has 3 aromatic carbocycles. The topological polar surface area (TPSA) is 67.3 Å². The number of ether oxygens (including phenoxy) is 1. The van der Waals surface area contributed by atoms with Gasteiger partial charge in [0.1, 0.15) is 16.6 Å². The minimum Gasteiger partial charge on any atom is -0.453 e. The van der Waals surface area contributed by atoms with E-state index in [1.54, 1.807) is 42.6 Å². The molecular weight excluding hydrogens is 478 g/mol. The van der Waals surface area contributed by atoms with Crippen LogP contribution in [0.25, 0.3) is 11.0 Å². The summed E-state index contributed by atoms with van der Waals surface area (Å²) in [6.45, 7) is 1.90. The van der Waals surface area contributed by atoms with Crippen LogP contribution >= 0.6 is 23.2 Å². The van der Waals surface area contributed by atoms with Crippen molar-refractivity contribution in [3.63, 3.8) is 0 Å². The first kappa shape index (κ1) is 22.4. The maximum absolute atomic E-state index is 14.6. The standard InChI is InChI=1S/C25H19Cl2FN4O2/c26-16-5-3-4-15(12-16)25(33)31-20-9-7-18(28)24(23(20)27)34-17-6-8-19-21(13-17)30-22(14-29-19)32-10-1-2-11-32/h3-9,12-14H,1-2,10-11H2,(H,31,33). The minimum atomic E-state index is -0.664. The van der Waals surface area contributed by atoms with E-state index < -0.39 is 11.7 Å². The second-order valence-electron chi connectivity index (χ2n) is 7.88. The van der Waals surface area contributed by atoms with Crippen LogP contribution in [-0.2, 0) is 0 Å². The first-order valence-corrected chi connectivity index (χ1v) is 11.5. The van der Waals surface area contributed by atoms with Gasteiger partial charge in [0.15, 0.2) is 11.6 Å². The molecule has 9 heteroatoms. The number of hydrogen-bond donors (Lipinski definition) is 1. The predicted octanol–water partition coefficient (Wildman–Crippen LogP) is 6.72. The highest BCUT2D eigenvalue weighted by atomic mass is 35.5. The third-order valence-corrected chi connectivity index (χ3v) is 6.15. The van der Waals surface area contributed by atoms with E-state index in [2.05, 4.69) is 15.2 Å². The molecule has 0 unspecified atom stereocenters. The summed E-state index contributed by atoms with van der Waals surface area (Å²) in [6.07, 6.45) is 4.02. The van der Waals surface area contributed by atoms with Gasteiger partial charge in [-0.25, -0.2) is 9.37 Å². The van der Waals surface area contributed by atoms with Gasteiger partial charge < -0.3 is 15.0 Å². The summed E-state index contributed by atoms with van der Waals surface area (Å²) >= 11 is 12.4. The maximum atomic E-state index is 14.6. The second-order valence-corrected chi connectivity index (χ2v) is 8.69. The number of carbonyl (C=O) groups is 1. The van der Waals surface area contributed by atoms with Crippen LogP contribution < -0.4 is 15.0 Å². The Morgan fingerprint density at radius 2 is 1.85 bits per heavy atom. The summed E-state index contributed by atoms with van der Waals surface area (Å²) in [6, 6.07) is 14.1. The molecule has 0 radical (unpaired) electrons. The van der Waals surface area contributed by atoms with Crippen molar-refractivity contribution in [1.82, 2.24) is 9.97 Å². The summed E-state index contributed by atoms with van der Waals surface area (Å²) in [4.78, 5) is 23.9. The molecular formula is C25H19Cl2FN4O2. The van der Waals surface area contributed by atoms with E-state index in [0.717, 1.165) is 31.7 Å². The number of nitrogens with one attached hydrogen (secondary N) is 1. The monoisotopic (exact) mass is 496 g/mol. The number of nitrogens with zero attached hydrogens (tertiary/aromatic N) is 3. The van der Waals surface area contributed by atoms with E-state index in [1.165, 1.54) is 18.2 Å². The van der Waals surface area contributed by atoms with Crippen molar-refractivity contribution in [2.45, 2.75) is 12.8 Å². The number of hydrogen-bond acceptors (Lipinski definition) is 5. The fourth-order valence-electron chi connectivity index (χ4n) is 3.81. The normalized spacial score (nSPS) is 13.3. The highest BCUT2D eigenvalue weighted by Crippen LogP contribution is 2.38. The van der Waals surface area contributed by atoms with Crippen molar-refractivity contribution in [3.05, 3.63) is 82.2 Å². The third kappa shape index (κ3) is 4.62. The lowest BCUT2D eigenvalue weighted by molar-refractivity contribution is 0.102. The zero-order chi connectivity index (χ0) is 23.7. The van der Waals surface area contributed by atoms with Crippen LogP contribution in [0.3, 0.4) is 0 Å². The molecule has 1 aliphatic rings. The summed E-state index contributed by atoms with van der Waals surface area (Å²) in [5.74, 6) is -0.148. The highest BCUT2D eigenvalue weighted by Gasteiger charge is 2.18. The van der Waals surface area contributed by atoms with Gasteiger partial charge in [-0.05, 0) is 55.3 Å². The molecule has 1 saturated heterocycles. The number of amides is 1. The molecule has 1 aliphatic heterocycles. The molecule has 1 aromatic heterocycles. The Balaban J connectivity index is 1.41. The zero-order valence-corrected chi connectivity index (χ0v) is 19.4. The molecule has 5 rings (SSSR count). The van der Waals surface area contributed by atoms with Crippen molar-refractivity contribution in [1.29, 1.82) is 0 Å². The molecule has 172 valence electrons. The first-order valence-electron chi connectivity index (χ1n) is 10.7. The molecule has 0 atom stereocenters. The van der Waals surface area contributed by atoms with E-state index >= 15 is 0 Å². The molecule has 2 heterocycles. The van der Waals surface area contributed by atoms with Crippen LogP contribution in [-0.4, -0.2) is 29.0 Å². The van der Waals surface area contributed by atoms with Crippen LogP contribution in [0.15, 0.2) is 60.8 Å². The van der Waals surface area contributed by atoms with Gasteiger partial charge in [-0.1, -0.05) is 29.3 Å². The van der Waals surface area contributed by atoms with E-state index in [4.69, 9.17) is 32.9 Å². The van der Waals surface area contributed by atoms with Crippen LogP contribution in [0.2, 0.25) is 10.0 Å². The van der Waals surface area contributed by atoms with E-state index in [0.29, 0.717) is 27.4 Å². The van der Waals surface area contributed by atoms with Gasteiger partial charge in [-0.15, -0.1) is 0 Å². The van der Waals surface area contributed by atoms with Crippen LogP contribution in [0.4, 0.5) is 15.9 Å². The highest BCUT2D eigenvalue weighted by molar-refractivity contribution is 6.35. The predicted molar refractivity (Wildman–Crippen MR) is 132 cm³/mol. The summed E-state index contributed by atoms with van der Waals surface area (Å²) in [5, 5.41) is 3.03. The Kier molecular flexibility index (Phi) is 6.22.